The molecule has 1 saturated carbocycles. The number of rotatable bonds is 8. The average Bonchev–Trinajstić information content (AvgIpc) is 3.45. The van der Waals surface area contributed by atoms with E-state index in [1.54, 1.807) is 24.4 Å². The first-order valence-corrected chi connectivity index (χ1v) is 9.39. The molecule has 2 aromatic rings. The zero-order valence-corrected chi connectivity index (χ0v) is 16.2. The zero-order valence-electron chi connectivity index (χ0n) is 15.4. The highest BCUT2D eigenvalue weighted by Gasteiger charge is 2.22. The largest absolute Gasteiger partial charge is 0.493 e. The Kier molecular flexibility index (Phi) is 6.35. The highest BCUT2D eigenvalue weighted by atomic mass is 35.5. The number of nitrogens with zero attached hydrogens (tertiary/aromatic N) is 1. The molecule has 3 rings (SSSR count). The van der Waals surface area contributed by atoms with Crippen molar-refractivity contribution in [2.45, 2.75) is 32.7 Å². The average molecular weight is 387 g/mol. The zero-order chi connectivity index (χ0) is 19.2. The summed E-state index contributed by atoms with van der Waals surface area (Å²) in [6.07, 6.45) is 8.00. The van der Waals surface area contributed by atoms with E-state index in [9.17, 15) is 4.79 Å². The molecule has 0 aliphatic heterocycles. The molecule has 1 aromatic heterocycles. The van der Waals surface area contributed by atoms with Crippen LogP contribution in [0.25, 0.3) is 6.08 Å². The van der Waals surface area contributed by atoms with Crippen molar-refractivity contribution in [3.63, 3.8) is 0 Å². The number of hydrogen-bond donors (Lipinski definition) is 1. The molecule has 1 aliphatic carbocycles. The lowest BCUT2D eigenvalue weighted by molar-refractivity contribution is -0.119. The molecule has 1 N–H and O–H groups in total. The van der Waals surface area contributed by atoms with Crippen molar-refractivity contribution in [2.24, 2.45) is 5.92 Å². The molecular weight excluding hydrogens is 364 g/mol. The first-order valence-electron chi connectivity index (χ1n) is 9.01. The van der Waals surface area contributed by atoms with Gasteiger partial charge in [-0.05, 0) is 49.4 Å². The van der Waals surface area contributed by atoms with Gasteiger partial charge in [0.05, 0.1) is 11.6 Å². The maximum Gasteiger partial charge on any atom is 0.219 e. The summed E-state index contributed by atoms with van der Waals surface area (Å²) >= 11 is 6.29. The van der Waals surface area contributed by atoms with Crippen molar-refractivity contribution in [3.8, 4) is 17.4 Å². The molecule has 1 amide bonds. The van der Waals surface area contributed by atoms with Gasteiger partial charge in [-0.2, -0.15) is 0 Å². The number of benzene rings is 1. The van der Waals surface area contributed by atoms with Gasteiger partial charge in [-0.25, -0.2) is 4.98 Å². The molecule has 0 bridgehead atoms. The third-order valence-corrected chi connectivity index (χ3v) is 4.36. The van der Waals surface area contributed by atoms with Crippen LogP contribution in [0.3, 0.4) is 0 Å². The number of carbonyl (C=O) groups excluding carboxylic acids is 1. The van der Waals surface area contributed by atoms with Gasteiger partial charge in [-0.15, -0.1) is 0 Å². The lowest BCUT2D eigenvalue weighted by Crippen LogP contribution is -2.28. The molecule has 1 heterocycles. The molecule has 6 heteroatoms. The second kappa shape index (κ2) is 8.91. The molecule has 0 saturated heterocycles. The molecular formula is C21H23ClN2O3. The van der Waals surface area contributed by atoms with E-state index in [2.05, 4.69) is 10.3 Å². The standard InChI is InChI=1S/C21H23ClN2O3/c1-14(24-15(2)25)3-4-16-7-10-21(23-12-16)27-20-9-8-18(11-19(20)22)26-13-17-5-6-17/h3-4,7-12,14,17H,5-6,13H2,1-2H3,(H,24,25)/t14-/m0/s1. The predicted octanol–water partition coefficient (Wildman–Crippen LogP) is 4.85. The Bertz CT molecular complexity index is 817. The van der Waals surface area contributed by atoms with Gasteiger partial charge in [-0.3, -0.25) is 4.79 Å². The van der Waals surface area contributed by atoms with Crippen molar-refractivity contribution in [2.75, 3.05) is 6.61 Å². The smallest absolute Gasteiger partial charge is 0.219 e. The van der Waals surface area contributed by atoms with Crippen LogP contribution in [-0.2, 0) is 4.79 Å². The van der Waals surface area contributed by atoms with Crippen molar-refractivity contribution in [1.82, 2.24) is 10.3 Å². The van der Waals surface area contributed by atoms with Crippen molar-refractivity contribution in [1.29, 1.82) is 0 Å². The number of ether oxygens (including phenoxy) is 2. The number of pyridine rings is 1. The van der Waals surface area contributed by atoms with E-state index in [4.69, 9.17) is 21.1 Å². The summed E-state index contributed by atoms with van der Waals surface area (Å²) in [5.41, 5.74) is 0.912. The molecule has 0 spiro atoms. The molecule has 0 radical (unpaired) electrons. The van der Waals surface area contributed by atoms with Crippen LogP contribution in [0.15, 0.2) is 42.6 Å². The molecule has 1 atom stereocenters. The number of halogens is 1. The minimum absolute atomic E-state index is 0.0436. The molecule has 142 valence electrons. The molecule has 1 aliphatic rings. The molecule has 0 unspecified atom stereocenters. The molecule has 5 nitrogen and oxygen atoms in total. The van der Waals surface area contributed by atoms with Gasteiger partial charge in [0.25, 0.3) is 0 Å². The van der Waals surface area contributed by atoms with Gasteiger partial charge in [0.1, 0.15) is 11.5 Å². The van der Waals surface area contributed by atoms with Crippen LogP contribution < -0.4 is 14.8 Å². The summed E-state index contributed by atoms with van der Waals surface area (Å²) in [7, 11) is 0. The van der Waals surface area contributed by atoms with Gasteiger partial charge < -0.3 is 14.8 Å². The van der Waals surface area contributed by atoms with Crippen LogP contribution in [0.2, 0.25) is 5.02 Å². The molecule has 27 heavy (non-hydrogen) atoms. The highest BCUT2D eigenvalue weighted by molar-refractivity contribution is 6.32. The number of hydrogen-bond acceptors (Lipinski definition) is 4. The number of aromatic nitrogens is 1. The van der Waals surface area contributed by atoms with Crippen LogP contribution in [0.1, 0.15) is 32.3 Å². The first kappa shape index (κ1) is 19.2. The summed E-state index contributed by atoms with van der Waals surface area (Å²) in [6, 6.07) is 9.02. The van der Waals surface area contributed by atoms with E-state index in [1.165, 1.54) is 19.8 Å². The normalized spacial score (nSPS) is 14.8. The third kappa shape index (κ3) is 6.29. The van der Waals surface area contributed by atoms with E-state index >= 15 is 0 Å². The summed E-state index contributed by atoms with van der Waals surface area (Å²) in [6.45, 7) is 4.14. The Morgan fingerprint density at radius 2 is 2.19 bits per heavy atom. The maximum absolute atomic E-state index is 11.0. The summed E-state index contributed by atoms with van der Waals surface area (Å²) < 4.78 is 11.5. The van der Waals surface area contributed by atoms with Crippen LogP contribution >= 0.6 is 11.6 Å². The minimum atomic E-state index is -0.0603. The van der Waals surface area contributed by atoms with Crippen LogP contribution in [-0.4, -0.2) is 23.5 Å². The van der Waals surface area contributed by atoms with Crippen molar-refractivity contribution < 1.29 is 14.3 Å². The Balaban J connectivity index is 1.57. The van der Waals surface area contributed by atoms with E-state index in [-0.39, 0.29) is 11.9 Å². The first-order chi connectivity index (χ1) is 13.0. The van der Waals surface area contributed by atoms with E-state index < -0.39 is 0 Å². The number of nitrogens with one attached hydrogen (secondary N) is 1. The van der Waals surface area contributed by atoms with E-state index in [1.807, 2.05) is 31.2 Å². The third-order valence-electron chi connectivity index (χ3n) is 4.07. The lowest BCUT2D eigenvalue weighted by atomic mass is 10.2. The quantitative estimate of drug-likeness (QED) is 0.704. The van der Waals surface area contributed by atoms with Gasteiger partial charge in [0.15, 0.2) is 0 Å². The highest BCUT2D eigenvalue weighted by Crippen LogP contribution is 2.34. The van der Waals surface area contributed by atoms with Crippen LogP contribution in [0.4, 0.5) is 0 Å². The number of carbonyl (C=O) groups is 1. The maximum atomic E-state index is 11.0. The lowest BCUT2D eigenvalue weighted by Gasteiger charge is -2.10. The van der Waals surface area contributed by atoms with Gasteiger partial charge in [-0.1, -0.05) is 23.8 Å². The van der Waals surface area contributed by atoms with Crippen molar-refractivity contribution >= 4 is 23.6 Å². The fourth-order valence-electron chi connectivity index (χ4n) is 2.44. The SMILES string of the molecule is CC(=O)N[C@@H](C)C=Cc1ccc(Oc2ccc(OCC3CC3)cc2Cl)nc1. The second-order valence-electron chi connectivity index (χ2n) is 6.73. The van der Waals surface area contributed by atoms with E-state index in [0.29, 0.717) is 22.6 Å². The van der Waals surface area contributed by atoms with Crippen LogP contribution in [0.5, 0.6) is 17.4 Å². The fraction of sp³-hybridized carbons (Fsp3) is 0.333. The monoisotopic (exact) mass is 386 g/mol. The predicted molar refractivity (Wildman–Crippen MR) is 106 cm³/mol. The Labute approximate surface area is 164 Å². The molecule has 1 fully saturated rings. The summed E-state index contributed by atoms with van der Waals surface area (Å²) in [4.78, 5) is 15.3. The van der Waals surface area contributed by atoms with Crippen LogP contribution in [0, 0.1) is 5.92 Å². The van der Waals surface area contributed by atoms with Crippen molar-refractivity contribution in [3.05, 3.63) is 53.2 Å². The Morgan fingerprint density at radius 3 is 2.81 bits per heavy atom. The minimum Gasteiger partial charge on any atom is -0.493 e. The second-order valence-corrected chi connectivity index (χ2v) is 7.13. The van der Waals surface area contributed by atoms with E-state index in [0.717, 1.165) is 17.9 Å². The van der Waals surface area contributed by atoms with Gasteiger partial charge in [0, 0.05) is 31.3 Å². The summed E-state index contributed by atoms with van der Waals surface area (Å²) in [5.74, 6) is 2.37. The summed E-state index contributed by atoms with van der Waals surface area (Å²) in [5, 5.41) is 3.28. The van der Waals surface area contributed by atoms with Gasteiger partial charge >= 0.3 is 0 Å². The Hall–Kier alpha value is -2.53. The van der Waals surface area contributed by atoms with Gasteiger partial charge in [0.2, 0.25) is 11.8 Å². The number of amides is 1. The topological polar surface area (TPSA) is 60.5 Å². The Morgan fingerprint density at radius 1 is 1.37 bits per heavy atom. The fourth-order valence-corrected chi connectivity index (χ4v) is 2.65. The molecule has 1 aromatic carbocycles.